The number of benzene rings is 2. The molecule has 0 atom stereocenters. The van der Waals surface area contributed by atoms with Gasteiger partial charge in [-0.3, -0.25) is 4.79 Å². The molecule has 0 radical (unpaired) electrons. The lowest BCUT2D eigenvalue weighted by Gasteiger charge is -2.11. The van der Waals surface area contributed by atoms with E-state index in [0.717, 1.165) is 6.07 Å². The van der Waals surface area contributed by atoms with E-state index in [-0.39, 0.29) is 0 Å². The van der Waals surface area contributed by atoms with Crippen molar-refractivity contribution in [2.45, 2.75) is 6.18 Å². The van der Waals surface area contributed by atoms with E-state index in [4.69, 9.17) is 16.3 Å². The van der Waals surface area contributed by atoms with Gasteiger partial charge in [0.2, 0.25) is 0 Å². The average molecular weight is 478 g/mol. The number of nitrogens with one attached hydrogen (secondary N) is 1. The monoisotopic (exact) mass is 477 g/mol. The number of carbonyl (C=O) groups excluding carboxylic acids is 1. The standard InChI is InChI=1S/C22H15ClF3N3O2S/c1-31-18-9-6-14(23)11-16(18)27-21(30)13-4-7-15(8-5-13)29-17(19-3-2-10-32-19)12-20(28-29)22(24,25)26/h2-12H,1H3,(H,27,30). The maximum absolute atomic E-state index is 13.3. The number of hydrogen-bond acceptors (Lipinski definition) is 4. The van der Waals surface area contributed by atoms with E-state index in [1.165, 1.54) is 47.4 Å². The molecule has 2 aromatic carbocycles. The Kier molecular flexibility index (Phi) is 5.94. The number of halogens is 4. The highest BCUT2D eigenvalue weighted by Crippen LogP contribution is 2.35. The van der Waals surface area contributed by atoms with Crippen molar-refractivity contribution in [3.63, 3.8) is 0 Å². The number of methoxy groups -OCH3 is 1. The van der Waals surface area contributed by atoms with Crippen LogP contribution in [0.15, 0.2) is 66.0 Å². The first-order chi connectivity index (χ1) is 15.3. The number of rotatable bonds is 5. The van der Waals surface area contributed by atoms with Crippen molar-refractivity contribution in [2.24, 2.45) is 0 Å². The van der Waals surface area contributed by atoms with Crippen molar-refractivity contribution in [3.8, 4) is 22.0 Å². The molecule has 0 aliphatic heterocycles. The normalized spacial score (nSPS) is 11.4. The van der Waals surface area contributed by atoms with Crippen molar-refractivity contribution < 1.29 is 22.7 Å². The zero-order chi connectivity index (χ0) is 22.9. The summed E-state index contributed by atoms with van der Waals surface area (Å²) in [6.45, 7) is 0. The number of aromatic nitrogens is 2. The number of alkyl halides is 3. The molecule has 4 aromatic rings. The molecule has 0 aliphatic carbocycles. The second-order valence-corrected chi connectivity index (χ2v) is 8.03. The molecular formula is C22H15ClF3N3O2S. The van der Waals surface area contributed by atoms with E-state index < -0.39 is 17.8 Å². The van der Waals surface area contributed by atoms with Gasteiger partial charge < -0.3 is 10.1 Å². The molecule has 0 aliphatic rings. The van der Waals surface area contributed by atoms with Gasteiger partial charge in [0.15, 0.2) is 5.69 Å². The fourth-order valence-electron chi connectivity index (χ4n) is 3.04. The van der Waals surface area contributed by atoms with Gasteiger partial charge in [-0.1, -0.05) is 17.7 Å². The summed E-state index contributed by atoms with van der Waals surface area (Å²) in [6, 6.07) is 15.4. The van der Waals surface area contributed by atoms with Gasteiger partial charge in [0.1, 0.15) is 5.75 Å². The predicted molar refractivity (Wildman–Crippen MR) is 118 cm³/mol. The molecule has 164 valence electrons. The molecule has 5 nitrogen and oxygen atoms in total. The predicted octanol–water partition coefficient (Wildman–Crippen LogP) is 6.53. The Labute approximate surface area is 190 Å². The molecule has 0 bridgehead atoms. The summed E-state index contributed by atoms with van der Waals surface area (Å²) in [7, 11) is 1.47. The minimum Gasteiger partial charge on any atom is -0.495 e. The summed E-state index contributed by atoms with van der Waals surface area (Å²) in [5.74, 6) is 0.0169. The highest BCUT2D eigenvalue weighted by Gasteiger charge is 2.35. The lowest BCUT2D eigenvalue weighted by atomic mass is 10.2. The lowest BCUT2D eigenvalue weighted by molar-refractivity contribution is -0.141. The van der Waals surface area contributed by atoms with E-state index in [0.29, 0.717) is 38.3 Å². The van der Waals surface area contributed by atoms with Crippen LogP contribution in [0.3, 0.4) is 0 Å². The second kappa shape index (κ2) is 8.68. The van der Waals surface area contributed by atoms with Crippen LogP contribution in [0.5, 0.6) is 5.75 Å². The van der Waals surface area contributed by atoms with Gasteiger partial charge in [-0.05, 0) is 60.0 Å². The Bertz CT molecular complexity index is 1250. The van der Waals surface area contributed by atoms with Gasteiger partial charge >= 0.3 is 6.18 Å². The fourth-order valence-corrected chi connectivity index (χ4v) is 3.94. The van der Waals surface area contributed by atoms with Crippen molar-refractivity contribution in [1.82, 2.24) is 9.78 Å². The molecule has 0 saturated carbocycles. The zero-order valence-electron chi connectivity index (χ0n) is 16.5. The maximum Gasteiger partial charge on any atom is 0.435 e. The summed E-state index contributed by atoms with van der Waals surface area (Å²) in [5, 5.41) is 8.67. The number of amides is 1. The number of nitrogens with zero attached hydrogens (tertiary/aromatic N) is 2. The van der Waals surface area contributed by atoms with Crippen LogP contribution in [0.25, 0.3) is 16.3 Å². The Morgan fingerprint density at radius 3 is 2.50 bits per heavy atom. The molecule has 1 amide bonds. The summed E-state index contributed by atoms with van der Waals surface area (Å²) >= 11 is 7.29. The number of carbonyl (C=O) groups is 1. The lowest BCUT2D eigenvalue weighted by Crippen LogP contribution is -2.13. The minimum atomic E-state index is -4.58. The van der Waals surface area contributed by atoms with E-state index in [9.17, 15) is 18.0 Å². The number of hydrogen-bond donors (Lipinski definition) is 1. The van der Waals surface area contributed by atoms with Crippen LogP contribution >= 0.6 is 22.9 Å². The van der Waals surface area contributed by atoms with Gasteiger partial charge in [-0.25, -0.2) is 4.68 Å². The van der Waals surface area contributed by atoms with Crippen LogP contribution in [0.1, 0.15) is 16.1 Å². The molecule has 0 unspecified atom stereocenters. The van der Waals surface area contributed by atoms with Crippen LogP contribution in [0, 0.1) is 0 Å². The molecule has 2 aromatic heterocycles. The Balaban J connectivity index is 1.64. The topological polar surface area (TPSA) is 56.1 Å². The molecular weight excluding hydrogens is 463 g/mol. The smallest absolute Gasteiger partial charge is 0.435 e. The Morgan fingerprint density at radius 2 is 1.88 bits per heavy atom. The third-order valence-electron chi connectivity index (χ3n) is 4.56. The molecule has 4 rings (SSSR count). The van der Waals surface area contributed by atoms with E-state index in [1.54, 1.807) is 35.7 Å². The minimum absolute atomic E-state index is 0.302. The molecule has 32 heavy (non-hydrogen) atoms. The van der Waals surface area contributed by atoms with Crippen LogP contribution in [0.2, 0.25) is 5.02 Å². The number of anilines is 1. The summed E-state index contributed by atoms with van der Waals surface area (Å²) in [6.07, 6.45) is -4.58. The quantitative estimate of drug-likeness (QED) is 0.355. The van der Waals surface area contributed by atoms with Crippen molar-refractivity contribution in [2.75, 3.05) is 12.4 Å². The van der Waals surface area contributed by atoms with Crippen LogP contribution in [0.4, 0.5) is 18.9 Å². The molecule has 0 spiro atoms. The molecule has 1 N–H and O–H groups in total. The maximum atomic E-state index is 13.3. The molecule has 0 fully saturated rings. The third-order valence-corrected chi connectivity index (χ3v) is 5.68. The molecule has 10 heteroatoms. The largest absolute Gasteiger partial charge is 0.495 e. The zero-order valence-corrected chi connectivity index (χ0v) is 18.1. The first-order valence-electron chi connectivity index (χ1n) is 9.23. The van der Waals surface area contributed by atoms with Gasteiger partial charge in [-0.2, -0.15) is 18.3 Å². The number of ether oxygens (including phenoxy) is 1. The molecule has 2 heterocycles. The van der Waals surface area contributed by atoms with Gasteiger partial charge in [0.05, 0.1) is 29.1 Å². The number of thiophene rings is 1. The summed E-state index contributed by atoms with van der Waals surface area (Å²) in [4.78, 5) is 13.3. The third kappa shape index (κ3) is 4.49. The summed E-state index contributed by atoms with van der Waals surface area (Å²) < 4.78 is 46.2. The van der Waals surface area contributed by atoms with E-state index in [1.807, 2.05) is 0 Å². The van der Waals surface area contributed by atoms with Gasteiger partial charge in [0.25, 0.3) is 5.91 Å². The highest BCUT2D eigenvalue weighted by atomic mass is 35.5. The van der Waals surface area contributed by atoms with Crippen LogP contribution in [-0.4, -0.2) is 22.8 Å². The second-order valence-electron chi connectivity index (χ2n) is 6.65. The van der Waals surface area contributed by atoms with Crippen molar-refractivity contribution >= 4 is 34.5 Å². The fraction of sp³-hybridized carbons (Fsp3) is 0.0909. The van der Waals surface area contributed by atoms with Crippen molar-refractivity contribution in [1.29, 1.82) is 0 Å². The Hall–Kier alpha value is -3.30. The SMILES string of the molecule is COc1ccc(Cl)cc1NC(=O)c1ccc(-n2nc(C(F)(F)F)cc2-c2cccs2)cc1. The Morgan fingerprint density at radius 1 is 1.12 bits per heavy atom. The van der Waals surface area contributed by atoms with Crippen LogP contribution < -0.4 is 10.1 Å². The van der Waals surface area contributed by atoms with E-state index in [2.05, 4.69) is 10.4 Å². The first kappa shape index (κ1) is 21.9. The summed E-state index contributed by atoms with van der Waals surface area (Å²) in [5.41, 5.74) is 0.414. The molecule has 0 saturated heterocycles. The van der Waals surface area contributed by atoms with Gasteiger partial charge in [0, 0.05) is 10.6 Å². The van der Waals surface area contributed by atoms with Gasteiger partial charge in [-0.15, -0.1) is 11.3 Å². The van der Waals surface area contributed by atoms with Crippen molar-refractivity contribution in [3.05, 3.63) is 82.3 Å². The van der Waals surface area contributed by atoms with Crippen LogP contribution in [-0.2, 0) is 6.18 Å². The first-order valence-corrected chi connectivity index (χ1v) is 10.5. The highest BCUT2D eigenvalue weighted by molar-refractivity contribution is 7.13. The van der Waals surface area contributed by atoms with E-state index >= 15 is 0 Å². The average Bonchev–Trinajstić information content (AvgIpc) is 3.43.